The number of likely N-dealkylation sites (tertiary alicyclic amines) is 1. The number of benzene rings is 2. The summed E-state index contributed by atoms with van der Waals surface area (Å²) in [5.41, 5.74) is 1.34. The summed E-state index contributed by atoms with van der Waals surface area (Å²) in [6, 6.07) is 11.1. The Morgan fingerprint density at radius 3 is 2.47 bits per heavy atom. The molecule has 2 aliphatic heterocycles. The Morgan fingerprint density at radius 1 is 1.04 bits per heavy atom. The number of amides is 3. The maximum absolute atomic E-state index is 14.8. The first kappa shape index (κ1) is 34.0. The third-order valence-corrected chi connectivity index (χ3v) is 9.43. The highest BCUT2D eigenvalue weighted by Gasteiger charge is 2.56. The number of halogens is 1. The number of nitrogens with one attached hydrogen (secondary N) is 2. The zero-order valence-corrected chi connectivity index (χ0v) is 28.2. The van der Waals surface area contributed by atoms with Crippen LogP contribution in [0.1, 0.15) is 76.8 Å². The van der Waals surface area contributed by atoms with Gasteiger partial charge in [-0.25, -0.2) is 14.0 Å². The van der Waals surface area contributed by atoms with Crippen LogP contribution in [-0.4, -0.2) is 69.1 Å². The Bertz CT molecular complexity index is 1740. The Balaban J connectivity index is 1.39. The van der Waals surface area contributed by atoms with Gasteiger partial charge in [0.15, 0.2) is 0 Å². The second kappa shape index (κ2) is 13.9. The number of fused-ring (bicyclic) bond motifs is 2. The van der Waals surface area contributed by atoms with Gasteiger partial charge in [0.05, 0.1) is 6.04 Å². The van der Waals surface area contributed by atoms with Gasteiger partial charge in [0.1, 0.15) is 35.9 Å². The normalized spacial score (nSPS) is 21.6. The molecule has 3 amide bonds. The molecule has 3 aliphatic rings. The first-order chi connectivity index (χ1) is 23.4. The van der Waals surface area contributed by atoms with E-state index in [2.05, 4.69) is 10.3 Å². The molecule has 0 bridgehead atoms. The van der Waals surface area contributed by atoms with Gasteiger partial charge in [-0.3, -0.25) is 14.5 Å². The van der Waals surface area contributed by atoms with E-state index in [-0.39, 0.29) is 24.8 Å². The summed E-state index contributed by atoms with van der Waals surface area (Å²) < 4.78 is 31.2. The van der Waals surface area contributed by atoms with Crippen molar-refractivity contribution in [1.82, 2.24) is 20.1 Å². The van der Waals surface area contributed by atoms with Crippen molar-refractivity contribution in [3.05, 3.63) is 83.6 Å². The monoisotopic (exact) mass is 674 g/mol. The highest BCUT2D eigenvalue weighted by molar-refractivity contribution is 5.89. The van der Waals surface area contributed by atoms with Gasteiger partial charge in [0.2, 0.25) is 5.91 Å². The van der Waals surface area contributed by atoms with E-state index in [1.54, 1.807) is 33.0 Å². The maximum Gasteiger partial charge on any atom is 0.410 e. The van der Waals surface area contributed by atoms with Crippen LogP contribution in [-0.2, 0) is 30.4 Å². The van der Waals surface area contributed by atoms with Crippen LogP contribution in [0.4, 0.5) is 14.0 Å². The summed E-state index contributed by atoms with van der Waals surface area (Å²) in [5.74, 6) is -1.95. The lowest BCUT2D eigenvalue weighted by Crippen LogP contribution is -2.55. The molecule has 6 rings (SSSR count). The number of ether oxygens (including phenoxy) is 3. The Labute approximate surface area is 284 Å². The molecule has 260 valence electrons. The van der Waals surface area contributed by atoms with E-state index >= 15 is 0 Å². The molecule has 49 heavy (non-hydrogen) atoms. The van der Waals surface area contributed by atoms with E-state index in [0.29, 0.717) is 5.52 Å². The molecular weight excluding hydrogens is 631 g/mol. The minimum atomic E-state index is -0.930. The van der Waals surface area contributed by atoms with Crippen LogP contribution in [0.3, 0.4) is 0 Å². The van der Waals surface area contributed by atoms with Crippen molar-refractivity contribution in [2.24, 2.45) is 5.92 Å². The largest absolute Gasteiger partial charge is 0.445 e. The minimum absolute atomic E-state index is 0.0173. The molecule has 4 atom stereocenters. The fraction of sp³-hybridized carbons (Fsp3) is 0.459. The summed E-state index contributed by atoms with van der Waals surface area (Å²) >= 11 is 0. The van der Waals surface area contributed by atoms with Gasteiger partial charge in [-0.15, -0.1) is 0 Å². The van der Waals surface area contributed by atoms with E-state index in [9.17, 15) is 23.6 Å². The Morgan fingerprint density at radius 2 is 1.78 bits per heavy atom. The number of carbonyl (C=O) groups is 4. The Kier molecular flexibility index (Phi) is 9.67. The van der Waals surface area contributed by atoms with Crippen molar-refractivity contribution in [3.8, 4) is 0 Å². The maximum atomic E-state index is 14.8. The van der Waals surface area contributed by atoms with Crippen LogP contribution >= 0.6 is 0 Å². The average Bonchev–Trinajstić information content (AvgIpc) is 3.75. The third-order valence-electron chi connectivity index (χ3n) is 9.43. The fourth-order valence-electron chi connectivity index (χ4n) is 7.41. The van der Waals surface area contributed by atoms with Gasteiger partial charge >= 0.3 is 18.2 Å². The number of hydrogen-bond donors (Lipinski definition) is 2. The van der Waals surface area contributed by atoms with E-state index < -0.39 is 59.5 Å². The number of rotatable bonds is 7. The highest BCUT2D eigenvalue weighted by Crippen LogP contribution is 2.46. The quantitative estimate of drug-likeness (QED) is 0.216. The molecule has 2 fully saturated rings. The van der Waals surface area contributed by atoms with Crippen molar-refractivity contribution in [1.29, 1.82) is 0 Å². The molecule has 3 heterocycles. The Hall–Kier alpha value is -4.87. The summed E-state index contributed by atoms with van der Waals surface area (Å²) in [7, 11) is 0. The lowest BCUT2D eigenvalue weighted by Gasteiger charge is -2.35. The minimum Gasteiger partial charge on any atom is -0.445 e. The molecule has 1 aliphatic carbocycles. The van der Waals surface area contributed by atoms with E-state index in [1.165, 1.54) is 35.1 Å². The molecule has 3 aromatic rings. The van der Waals surface area contributed by atoms with Crippen LogP contribution < -0.4 is 5.32 Å². The van der Waals surface area contributed by atoms with E-state index in [1.807, 2.05) is 30.3 Å². The van der Waals surface area contributed by atoms with Gasteiger partial charge in [0, 0.05) is 42.7 Å². The lowest BCUT2D eigenvalue weighted by atomic mass is 9.83. The third kappa shape index (κ3) is 7.42. The number of carbonyl (C=O) groups excluding carboxylic acids is 4. The van der Waals surface area contributed by atoms with Crippen molar-refractivity contribution in [2.45, 2.75) is 96.1 Å². The fourth-order valence-corrected chi connectivity index (χ4v) is 7.41. The molecule has 1 saturated heterocycles. The number of esters is 1. The number of H-pyrrole nitrogens is 1. The summed E-state index contributed by atoms with van der Waals surface area (Å²) in [6.45, 7) is 6.65. The zero-order valence-electron chi connectivity index (χ0n) is 28.2. The van der Waals surface area contributed by atoms with Crippen molar-refractivity contribution in [3.63, 3.8) is 0 Å². The highest BCUT2D eigenvalue weighted by atomic mass is 19.1. The molecule has 0 radical (unpaired) electrons. The molecule has 3 unspecified atom stereocenters. The smallest absolute Gasteiger partial charge is 0.410 e. The van der Waals surface area contributed by atoms with Crippen molar-refractivity contribution in [2.75, 3.05) is 6.54 Å². The van der Waals surface area contributed by atoms with Gasteiger partial charge in [-0.05, 0) is 68.9 Å². The molecule has 2 N–H and O–H groups in total. The number of alkyl carbamates (subject to hydrolysis) is 1. The SMILES string of the molecule is CC(=O)OC1=CN(C(=O)C(NC(=O)OC(C)(C)C)C2CCCCC2)C2C1N(C(=O)OCc1ccccc1)C[C@H]2c1c[nH]c2cc(F)ccc12. The molecule has 1 aromatic heterocycles. The van der Waals surface area contributed by atoms with Crippen molar-refractivity contribution >= 4 is 35.0 Å². The number of nitrogens with zero attached hydrogens (tertiary/aromatic N) is 2. The van der Waals surface area contributed by atoms with E-state index in [0.717, 1.165) is 48.6 Å². The topological polar surface area (TPSA) is 130 Å². The standard InChI is InChI=1S/C37H43FN4O7/c1-22(43)48-30-20-41(34(44)31(24-13-9-6-10-14-24)40-35(45)49-37(2,3)4)32-28(27-18-39-29-17-25(38)15-16-26(27)29)19-42(33(30)32)36(46)47-21-23-11-7-5-8-12-23/h5,7-8,11-12,15-18,20,24,28,31-33,39H,6,9-10,13-14,19,21H2,1-4H3,(H,40,45)/t28-,31?,32?,33?/m0/s1. The molecule has 2 aromatic carbocycles. The summed E-state index contributed by atoms with van der Waals surface area (Å²) in [6.07, 6.45) is 6.24. The predicted octanol–water partition coefficient (Wildman–Crippen LogP) is 6.50. The van der Waals surface area contributed by atoms with E-state index in [4.69, 9.17) is 14.2 Å². The molecule has 11 nitrogen and oxygen atoms in total. The lowest BCUT2D eigenvalue weighted by molar-refractivity contribution is -0.137. The summed E-state index contributed by atoms with van der Waals surface area (Å²) in [5, 5.41) is 3.60. The number of hydrogen-bond acceptors (Lipinski definition) is 7. The first-order valence-electron chi connectivity index (χ1n) is 16.9. The van der Waals surface area contributed by atoms with Gasteiger partial charge in [0.25, 0.3) is 0 Å². The van der Waals surface area contributed by atoms with Gasteiger partial charge < -0.3 is 29.4 Å². The molecular formula is C37H43FN4O7. The van der Waals surface area contributed by atoms with Crippen LogP contribution in [0.2, 0.25) is 0 Å². The van der Waals surface area contributed by atoms with Gasteiger partial charge in [-0.2, -0.15) is 0 Å². The zero-order chi connectivity index (χ0) is 34.9. The number of aromatic nitrogens is 1. The van der Waals surface area contributed by atoms with Crippen LogP contribution in [0.15, 0.2) is 66.7 Å². The first-order valence-corrected chi connectivity index (χ1v) is 16.9. The second-order valence-electron chi connectivity index (χ2n) is 14.1. The van der Waals surface area contributed by atoms with Crippen LogP contribution in [0.25, 0.3) is 10.9 Å². The molecule has 1 saturated carbocycles. The van der Waals surface area contributed by atoms with Crippen LogP contribution in [0, 0.1) is 11.7 Å². The molecule has 12 heteroatoms. The predicted molar refractivity (Wildman–Crippen MR) is 178 cm³/mol. The van der Waals surface area contributed by atoms with Gasteiger partial charge in [-0.1, -0.05) is 49.6 Å². The number of aromatic amines is 1. The summed E-state index contributed by atoms with van der Waals surface area (Å²) in [4.78, 5) is 60.3. The molecule has 0 spiro atoms. The second-order valence-corrected chi connectivity index (χ2v) is 14.1. The average molecular weight is 675 g/mol. The van der Waals surface area contributed by atoms with Crippen LogP contribution in [0.5, 0.6) is 0 Å². The van der Waals surface area contributed by atoms with Crippen molar-refractivity contribution < 1.29 is 37.8 Å².